The first kappa shape index (κ1) is 18.4. The highest BCUT2D eigenvalue weighted by Gasteiger charge is 2.56. The first-order valence-electron chi connectivity index (χ1n) is 8.70. The first-order chi connectivity index (χ1) is 11.2. The summed E-state index contributed by atoms with van der Waals surface area (Å²) in [4.78, 5) is 1.06. The zero-order valence-corrected chi connectivity index (χ0v) is 16.5. The van der Waals surface area contributed by atoms with Crippen LogP contribution in [0.1, 0.15) is 69.4 Å². The topological polar surface area (TPSA) is 0 Å². The maximum absolute atomic E-state index is 14.2. The van der Waals surface area contributed by atoms with E-state index in [0.717, 1.165) is 49.7 Å². The lowest BCUT2D eigenvalue weighted by Gasteiger charge is -2.38. The molecule has 0 nitrogen and oxygen atoms in total. The highest BCUT2D eigenvalue weighted by Crippen LogP contribution is 2.82. The minimum absolute atomic E-state index is 0.0541. The van der Waals surface area contributed by atoms with Crippen molar-refractivity contribution in [1.29, 1.82) is 0 Å². The fraction of sp³-hybridized carbons (Fsp3) is 0.579. The molecule has 1 saturated carbocycles. The molecule has 1 atom stereocenters. The highest BCUT2D eigenvalue weighted by atomic mass is 79.9. The lowest BCUT2D eigenvalue weighted by molar-refractivity contribution is -0.0357. The second-order valence-corrected chi connectivity index (χ2v) is 12.5. The molecule has 0 bridgehead atoms. The molecule has 0 N–H and O–H groups in total. The third kappa shape index (κ3) is 3.07. The van der Waals surface area contributed by atoms with Crippen molar-refractivity contribution >= 4 is 29.4 Å². The van der Waals surface area contributed by atoms with Gasteiger partial charge in [-0.15, -0.1) is 0 Å². The average Bonchev–Trinajstić information content (AvgIpc) is 2.68. The molecule has 1 aliphatic heterocycles. The molecular weight excluding hydrogens is 397 g/mol. The van der Waals surface area contributed by atoms with Gasteiger partial charge in [-0.05, 0) is 76.1 Å². The minimum atomic E-state index is -4.26. The molecule has 0 spiro atoms. The van der Waals surface area contributed by atoms with Gasteiger partial charge in [-0.25, -0.2) is 0 Å². The predicted molar refractivity (Wildman–Crippen MR) is 101 cm³/mol. The molecule has 1 fully saturated rings. The maximum atomic E-state index is 14.2. The van der Waals surface area contributed by atoms with Gasteiger partial charge in [-0.3, -0.25) is 0 Å². The van der Waals surface area contributed by atoms with E-state index < -0.39 is 14.0 Å². The van der Waals surface area contributed by atoms with E-state index in [2.05, 4.69) is 14.8 Å². The molecule has 0 amide bonds. The van der Waals surface area contributed by atoms with Crippen molar-refractivity contribution in [3.05, 3.63) is 34.2 Å². The highest BCUT2D eigenvalue weighted by molar-refractivity contribution is 9.59. The number of halogens is 4. The molecule has 5 heteroatoms. The van der Waals surface area contributed by atoms with Crippen LogP contribution in [0.5, 0.6) is 0 Å². The van der Waals surface area contributed by atoms with Gasteiger partial charge in [0.25, 0.3) is 0 Å². The van der Waals surface area contributed by atoms with Gasteiger partial charge >= 0.3 is 5.51 Å². The van der Waals surface area contributed by atoms with E-state index in [1.54, 1.807) is 6.07 Å². The number of allylic oxidation sites excluding steroid dienone is 1. The van der Waals surface area contributed by atoms with Gasteiger partial charge in [0.05, 0.1) is 0 Å². The van der Waals surface area contributed by atoms with E-state index >= 15 is 0 Å². The van der Waals surface area contributed by atoms with Gasteiger partial charge in [-0.1, -0.05) is 51.7 Å². The van der Waals surface area contributed by atoms with Crippen molar-refractivity contribution in [1.82, 2.24) is 0 Å². The minimum Gasteiger partial charge on any atom is -0.160 e. The zero-order valence-electron chi connectivity index (χ0n) is 14.1. The van der Waals surface area contributed by atoms with Crippen LogP contribution in [0.25, 0.3) is 6.08 Å². The number of rotatable bonds is 2. The fourth-order valence-corrected chi connectivity index (χ4v) is 8.22. The van der Waals surface area contributed by atoms with Crippen molar-refractivity contribution < 1.29 is 13.2 Å². The van der Waals surface area contributed by atoms with Gasteiger partial charge in [0.2, 0.25) is 0 Å². The summed E-state index contributed by atoms with van der Waals surface area (Å²) in [7, 11) is -3.12. The quantitative estimate of drug-likeness (QED) is 0.423. The molecule has 1 unspecified atom stereocenters. The van der Waals surface area contributed by atoms with Crippen molar-refractivity contribution in [3.8, 4) is 0 Å². The van der Waals surface area contributed by atoms with Crippen LogP contribution in [0.15, 0.2) is 28.0 Å². The van der Waals surface area contributed by atoms with Crippen molar-refractivity contribution in [3.63, 3.8) is 0 Å². The predicted octanol–water partition coefficient (Wildman–Crippen LogP) is 8.13. The zero-order chi connectivity index (χ0) is 17.5. The van der Waals surface area contributed by atoms with Gasteiger partial charge in [0.15, 0.2) is 0 Å². The van der Waals surface area contributed by atoms with Crippen LogP contribution in [0.4, 0.5) is 13.2 Å². The SMILES string of the molecule is CC(C)c1ccc2c(c1)S(Br)(C(F)(F)F)C(C1CCCCCC1)=C2. The summed E-state index contributed by atoms with van der Waals surface area (Å²) in [6, 6.07) is 5.64. The Bertz CT molecular complexity index is 643. The summed E-state index contributed by atoms with van der Waals surface area (Å²) < 4.78 is 42.6. The molecular formula is C19H24BrF3S. The van der Waals surface area contributed by atoms with Crippen LogP contribution in [0.2, 0.25) is 0 Å². The molecule has 134 valence electrons. The van der Waals surface area contributed by atoms with Gasteiger partial charge in [-0.2, -0.15) is 13.2 Å². The number of hydrogen-bond acceptors (Lipinski definition) is 0. The third-order valence-electron chi connectivity index (χ3n) is 5.21. The number of hydrogen-bond donors (Lipinski definition) is 0. The summed E-state index contributed by atoms with van der Waals surface area (Å²) in [6.07, 6.45) is 7.97. The summed E-state index contributed by atoms with van der Waals surface area (Å²) >= 11 is 3.27. The Balaban J connectivity index is 2.09. The van der Waals surface area contributed by atoms with Crippen LogP contribution in [0, 0.1) is 5.92 Å². The molecule has 1 aromatic rings. The molecule has 1 aliphatic carbocycles. The second kappa shape index (κ2) is 6.71. The largest absolute Gasteiger partial charge is 0.442 e. The lowest BCUT2D eigenvalue weighted by atomic mass is 9.97. The second-order valence-electron chi connectivity index (χ2n) is 7.17. The number of alkyl halides is 3. The Morgan fingerprint density at radius 2 is 1.71 bits per heavy atom. The summed E-state index contributed by atoms with van der Waals surface area (Å²) in [5.74, 6) is 0.278. The summed E-state index contributed by atoms with van der Waals surface area (Å²) in [5, 5.41) is 0. The lowest BCUT2D eigenvalue weighted by Crippen LogP contribution is -2.19. The van der Waals surface area contributed by atoms with E-state index in [-0.39, 0.29) is 11.8 Å². The normalized spacial score (nSPS) is 28.2. The molecule has 1 aromatic carbocycles. The summed E-state index contributed by atoms with van der Waals surface area (Å²) in [5.41, 5.74) is -2.53. The van der Waals surface area contributed by atoms with E-state index in [4.69, 9.17) is 0 Å². The van der Waals surface area contributed by atoms with Gasteiger partial charge in [0.1, 0.15) is 0 Å². The van der Waals surface area contributed by atoms with Crippen LogP contribution >= 0.6 is 23.3 Å². The van der Waals surface area contributed by atoms with Crippen LogP contribution in [-0.2, 0) is 0 Å². The monoisotopic (exact) mass is 420 g/mol. The van der Waals surface area contributed by atoms with E-state index in [0.29, 0.717) is 9.80 Å². The van der Waals surface area contributed by atoms with Crippen LogP contribution < -0.4 is 0 Å². The third-order valence-corrected chi connectivity index (χ3v) is 11.2. The van der Waals surface area contributed by atoms with E-state index in [1.165, 1.54) is 0 Å². The smallest absolute Gasteiger partial charge is 0.160 e. The summed E-state index contributed by atoms with van der Waals surface area (Å²) in [6.45, 7) is 4.05. The Kier molecular flexibility index (Phi) is 5.14. The molecule has 3 rings (SSSR count). The molecule has 0 radical (unpaired) electrons. The van der Waals surface area contributed by atoms with Crippen molar-refractivity contribution in [2.24, 2.45) is 5.92 Å². The van der Waals surface area contributed by atoms with Crippen molar-refractivity contribution in [2.45, 2.75) is 68.7 Å². The first-order valence-corrected chi connectivity index (χ1v) is 12.2. The molecule has 24 heavy (non-hydrogen) atoms. The fourth-order valence-electron chi connectivity index (χ4n) is 3.80. The molecule has 0 aromatic heterocycles. The van der Waals surface area contributed by atoms with Crippen molar-refractivity contribution in [2.75, 3.05) is 0 Å². The van der Waals surface area contributed by atoms with E-state index in [1.807, 2.05) is 32.1 Å². The van der Waals surface area contributed by atoms with E-state index in [9.17, 15) is 13.2 Å². The Morgan fingerprint density at radius 3 is 2.25 bits per heavy atom. The van der Waals surface area contributed by atoms with Gasteiger partial charge in [0, 0.05) is 4.90 Å². The molecule has 2 aliphatic rings. The molecule has 1 heterocycles. The van der Waals surface area contributed by atoms with Crippen LogP contribution in [-0.4, -0.2) is 5.51 Å². The standard InChI is InChI=1S/C19H24BrF3S/c1-13(2)15-9-10-16-12-17(14-7-5-3-4-6-8-14)24(20,18(16)11-15)19(21,22)23/h9-14H,3-8H2,1-2H3. The number of benzene rings is 1. The maximum Gasteiger partial charge on any atom is 0.442 e. The Labute approximate surface area is 151 Å². The molecule has 0 saturated heterocycles. The average molecular weight is 421 g/mol. The Morgan fingerprint density at radius 1 is 1.08 bits per heavy atom. The number of fused-ring (bicyclic) bond motifs is 1. The van der Waals surface area contributed by atoms with Gasteiger partial charge < -0.3 is 0 Å². The van der Waals surface area contributed by atoms with Crippen LogP contribution in [0.3, 0.4) is 0 Å². The Hall–Kier alpha value is -0.420.